The molecule has 0 saturated heterocycles. The SMILES string of the molecule is NC(=O)c1c(NC(=O)c2cc3sccc3n2Cc2ccccc2)sc2c1CCCC2. The van der Waals surface area contributed by atoms with Gasteiger partial charge in [-0.15, -0.1) is 22.7 Å². The quantitative estimate of drug-likeness (QED) is 0.461. The molecule has 7 heteroatoms. The molecule has 0 unspecified atom stereocenters. The van der Waals surface area contributed by atoms with Crippen molar-refractivity contribution in [2.45, 2.75) is 32.2 Å². The van der Waals surface area contributed by atoms with Crippen LogP contribution in [0.3, 0.4) is 0 Å². The van der Waals surface area contributed by atoms with E-state index in [0.717, 1.165) is 47.0 Å². The van der Waals surface area contributed by atoms with Crippen molar-refractivity contribution in [2.75, 3.05) is 5.32 Å². The minimum atomic E-state index is -0.467. The van der Waals surface area contributed by atoms with Crippen molar-refractivity contribution in [1.82, 2.24) is 4.57 Å². The number of rotatable bonds is 5. The van der Waals surface area contributed by atoms with Crippen LogP contribution in [-0.4, -0.2) is 16.4 Å². The third-order valence-corrected chi connectivity index (χ3v) is 7.64. The third kappa shape index (κ3) is 3.34. The van der Waals surface area contributed by atoms with Gasteiger partial charge < -0.3 is 15.6 Å². The Morgan fingerprint density at radius 3 is 2.70 bits per heavy atom. The highest BCUT2D eigenvalue weighted by molar-refractivity contribution is 7.17. The van der Waals surface area contributed by atoms with Gasteiger partial charge in [-0.05, 0) is 54.3 Å². The molecule has 1 aliphatic carbocycles. The molecule has 0 saturated carbocycles. The van der Waals surface area contributed by atoms with E-state index in [4.69, 9.17) is 5.73 Å². The Morgan fingerprint density at radius 2 is 1.90 bits per heavy atom. The Kier molecular flexibility index (Phi) is 4.92. The Labute approximate surface area is 182 Å². The van der Waals surface area contributed by atoms with Crippen LogP contribution in [0.25, 0.3) is 10.2 Å². The zero-order valence-corrected chi connectivity index (χ0v) is 17.9. The maximum Gasteiger partial charge on any atom is 0.272 e. The molecule has 0 aliphatic heterocycles. The summed E-state index contributed by atoms with van der Waals surface area (Å²) in [4.78, 5) is 26.6. The predicted octanol–water partition coefficient (Wildman–Crippen LogP) is 5.04. The average Bonchev–Trinajstić information content (AvgIpc) is 3.42. The van der Waals surface area contributed by atoms with E-state index in [1.807, 2.05) is 40.3 Å². The molecule has 1 aliphatic rings. The molecule has 5 rings (SSSR count). The lowest BCUT2D eigenvalue weighted by molar-refractivity contribution is 0.100. The molecular weight excluding hydrogens is 414 g/mol. The molecular formula is C23H21N3O2S2. The molecule has 0 radical (unpaired) electrons. The number of nitrogens with two attached hydrogens (primary N) is 1. The van der Waals surface area contributed by atoms with Gasteiger partial charge in [-0.3, -0.25) is 9.59 Å². The Morgan fingerprint density at radius 1 is 1.10 bits per heavy atom. The monoisotopic (exact) mass is 435 g/mol. The van der Waals surface area contributed by atoms with Gasteiger partial charge in [0.1, 0.15) is 10.7 Å². The second kappa shape index (κ2) is 7.74. The van der Waals surface area contributed by atoms with Crippen LogP contribution >= 0.6 is 22.7 Å². The number of primary amides is 1. The first-order valence-corrected chi connectivity index (χ1v) is 11.7. The summed E-state index contributed by atoms with van der Waals surface area (Å²) in [7, 11) is 0. The summed E-state index contributed by atoms with van der Waals surface area (Å²) in [5.41, 5.74) is 9.95. The van der Waals surface area contributed by atoms with E-state index in [1.165, 1.54) is 16.2 Å². The fourth-order valence-electron chi connectivity index (χ4n) is 4.18. The van der Waals surface area contributed by atoms with E-state index in [-0.39, 0.29) is 5.91 Å². The van der Waals surface area contributed by atoms with Crippen molar-refractivity contribution in [3.8, 4) is 0 Å². The number of hydrogen-bond acceptors (Lipinski definition) is 4. The average molecular weight is 436 g/mol. The highest BCUT2D eigenvalue weighted by atomic mass is 32.1. The van der Waals surface area contributed by atoms with Crippen LogP contribution in [0, 0.1) is 0 Å². The summed E-state index contributed by atoms with van der Waals surface area (Å²) in [5, 5.41) is 5.62. The van der Waals surface area contributed by atoms with E-state index in [9.17, 15) is 9.59 Å². The molecule has 152 valence electrons. The van der Waals surface area contributed by atoms with Crippen molar-refractivity contribution in [3.63, 3.8) is 0 Å². The highest BCUT2D eigenvalue weighted by Crippen LogP contribution is 2.38. The summed E-state index contributed by atoms with van der Waals surface area (Å²) < 4.78 is 3.10. The molecule has 3 heterocycles. The molecule has 0 spiro atoms. The van der Waals surface area contributed by atoms with E-state index in [2.05, 4.69) is 17.4 Å². The first-order valence-electron chi connectivity index (χ1n) is 9.98. The van der Waals surface area contributed by atoms with E-state index in [1.54, 1.807) is 11.3 Å². The summed E-state index contributed by atoms with van der Waals surface area (Å²) in [6, 6.07) is 14.1. The number of nitrogens with zero attached hydrogens (tertiary/aromatic N) is 1. The van der Waals surface area contributed by atoms with Gasteiger partial charge in [-0.2, -0.15) is 0 Å². The van der Waals surface area contributed by atoms with Gasteiger partial charge in [0, 0.05) is 11.4 Å². The second-order valence-electron chi connectivity index (χ2n) is 7.50. The maximum atomic E-state index is 13.3. The molecule has 2 amide bonds. The largest absolute Gasteiger partial charge is 0.365 e. The van der Waals surface area contributed by atoms with Crippen molar-refractivity contribution in [1.29, 1.82) is 0 Å². The zero-order valence-electron chi connectivity index (χ0n) is 16.3. The fraction of sp³-hybridized carbons (Fsp3) is 0.217. The number of thiophene rings is 2. The second-order valence-corrected chi connectivity index (χ2v) is 9.56. The number of anilines is 1. The van der Waals surface area contributed by atoms with Crippen LogP contribution < -0.4 is 11.1 Å². The smallest absolute Gasteiger partial charge is 0.272 e. The van der Waals surface area contributed by atoms with Gasteiger partial charge in [0.25, 0.3) is 11.8 Å². The number of aromatic nitrogens is 1. The standard InChI is InChI=1S/C23H21N3O2S2/c24-21(27)20-15-8-4-5-9-18(15)30-23(20)25-22(28)17-12-19-16(10-11-29-19)26(17)13-14-6-2-1-3-7-14/h1-3,6-7,10-12H,4-5,8-9,13H2,(H2,24,27)(H,25,28). The van der Waals surface area contributed by atoms with E-state index in [0.29, 0.717) is 22.8 Å². The van der Waals surface area contributed by atoms with E-state index < -0.39 is 5.91 Å². The van der Waals surface area contributed by atoms with Crippen LogP contribution in [0.5, 0.6) is 0 Å². The first kappa shape index (κ1) is 19.1. The van der Waals surface area contributed by atoms with Gasteiger partial charge in [0.2, 0.25) is 0 Å². The van der Waals surface area contributed by atoms with Crippen LogP contribution in [0.2, 0.25) is 0 Å². The van der Waals surface area contributed by atoms with Crippen LogP contribution in [0.1, 0.15) is 49.7 Å². The van der Waals surface area contributed by atoms with Crippen molar-refractivity contribution in [3.05, 3.63) is 75.1 Å². The van der Waals surface area contributed by atoms with Gasteiger partial charge >= 0.3 is 0 Å². The fourth-order valence-corrected chi connectivity index (χ4v) is 6.30. The molecule has 3 N–H and O–H groups in total. The van der Waals surface area contributed by atoms with Gasteiger partial charge in [-0.25, -0.2) is 0 Å². The normalized spacial score (nSPS) is 13.3. The molecule has 4 aromatic rings. The minimum absolute atomic E-state index is 0.213. The molecule has 0 atom stereocenters. The lowest BCUT2D eigenvalue weighted by Crippen LogP contribution is -2.20. The minimum Gasteiger partial charge on any atom is -0.365 e. The van der Waals surface area contributed by atoms with Gasteiger partial charge in [-0.1, -0.05) is 30.3 Å². The van der Waals surface area contributed by atoms with Crippen LogP contribution in [0.4, 0.5) is 5.00 Å². The van der Waals surface area contributed by atoms with Crippen molar-refractivity contribution in [2.24, 2.45) is 5.73 Å². The number of hydrogen-bond donors (Lipinski definition) is 2. The summed E-state index contributed by atoms with van der Waals surface area (Å²) >= 11 is 3.11. The predicted molar refractivity (Wildman–Crippen MR) is 123 cm³/mol. The Hall–Kier alpha value is -2.90. The number of carbonyl (C=O) groups is 2. The lowest BCUT2D eigenvalue weighted by atomic mass is 9.95. The van der Waals surface area contributed by atoms with E-state index >= 15 is 0 Å². The highest BCUT2D eigenvalue weighted by Gasteiger charge is 2.26. The third-order valence-electron chi connectivity index (χ3n) is 5.58. The maximum absolute atomic E-state index is 13.3. The number of amides is 2. The van der Waals surface area contributed by atoms with Crippen LogP contribution in [0.15, 0.2) is 47.8 Å². The number of carbonyl (C=O) groups excluding carboxylic acids is 2. The summed E-state index contributed by atoms with van der Waals surface area (Å²) in [6.07, 6.45) is 3.94. The first-order chi connectivity index (χ1) is 14.6. The molecule has 5 nitrogen and oxygen atoms in total. The summed E-state index contributed by atoms with van der Waals surface area (Å²) in [6.45, 7) is 0.605. The molecule has 1 aromatic carbocycles. The number of fused-ring (bicyclic) bond motifs is 2. The molecule has 30 heavy (non-hydrogen) atoms. The molecule has 0 fully saturated rings. The molecule has 0 bridgehead atoms. The Bertz CT molecular complexity index is 1250. The summed E-state index contributed by atoms with van der Waals surface area (Å²) in [5.74, 6) is -0.680. The number of nitrogens with one attached hydrogen (secondary N) is 1. The van der Waals surface area contributed by atoms with Crippen molar-refractivity contribution < 1.29 is 9.59 Å². The number of aryl methyl sites for hydroxylation is 1. The van der Waals surface area contributed by atoms with Crippen molar-refractivity contribution >= 4 is 49.7 Å². The Balaban J connectivity index is 1.52. The molecule has 3 aromatic heterocycles. The zero-order chi connectivity index (χ0) is 20.7. The van der Waals surface area contributed by atoms with Gasteiger partial charge in [0.05, 0.1) is 15.8 Å². The lowest BCUT2D eigenvalue weighted by Gasteiger charge is -2.12. The van der Waals surface area contributed by atoms with Crippen LogP contribution in [-0.2, 0) is 19.4 Å². The topological polar surface area (TPSA) is 77.1 Å². The number of benzene rings is 1. The van der Waals surface area contributed by atoms with Gasteiger partial charge in [0.15, 0.2) is 0 Å².